The average Bonchev–Trinajstić information content (AvgIpc) is 2.73. The molecule has 1 atom stereocenters. The summed E-state index contributed by atoms with van der Waals surface area (Å²) in [5.74, 6) is 2.95. The Balaban J connectivity index is 1.52. The standard InChI is InChI=1S/C21H27N3O3/c1-3-17-13-18(23-21(22-17)24-7-9-26-10-8-24)12-15-11-16-5-4-6-19(25-2)20(16)27-14-15/h4-6,13,15H,3,7-12,14H2,1-2H3/t15-/m1/s1. The van der Waals surface area contributed by atoms with Crippen molar-refractivity contribution in [3.63, 3.8) is 0 Å². The van der Waals surface area contributed by atoms with Crippen LogP contribution >= 0.6 is 0 Å². The lowest BCUT2D eigenvalue weighted by atomic mass is 9.92. The van der Waals surface area contributed by atoms with Gasteiger partial charge in [0.15, 0.2) is 11.5 Å². The minimum Gasteiger partial charge on any atom is -0.493 e. The molecule has 0 unspecified atom stereocenters. The summed E-state index contributed by atoms with van der Waals surface area (Å²) < 4.78 is 16.9. The Morgan fingerprint density at radius 3 is 2.78 bits per heavy atom. The molecule has 2 aliphatic rings. The SMILES string of the molecule is CCc1cc(C[C@@H]2COc3c(cccc3OC)C2)nc(N2CCOCC2)n1. The number of benzene rings is 1. The van der Waals surface area contributed by atoms with Crippen molar-refractivity contribution < 1.29 is 14.2 Å². The first kappa shape index (κ1) is 18.0. The van der Waals surface area contributed by atoms with Gasteiger partial charge in [0.1, 0.15) is 0 Å². The molecule has 4 rings (SSSR count). The fourth-order valence-corrected chi connectivity index (χ4v) is 3.77. The first-order valence-electron chi connectivity index (χ1n) is 9.75. The topological polar surface area (TPSA) is 56.7 Å². The van der Waals surface area contributed by atoms with E-state index in [0.717, 1.165) is 74.4 Å². The molecule has 1 aromatic carbocycles. The quantitative estimate of drug-likeness (QED) is 0.808. The van der Waals surface area contributed by atoms with Crippen LogP contribution < -0.4 is 14.4 Å². The molecular formula is C21H27N3O3. The Hall–Kier alpha value is -2.34. The van der Waals surface area contributed by atoms with E-state index in [1.165, 1.54) is 5.56 Å². The maximum atomic E-state index is 6.04. The van der Waals surface area contributed by atoms with Crippen molar-refractivity contribution in [2.45, 2.75) is 26.2 Å². The number of anilines is 1. The number of rotatable bonds is 5. The molecule has 6 nitrogen and oxygen atoms in total. The lowest BCUT2D eigenvalue weighted by molar-refractivity contribution is 0.122. The van der Waals surface area contributed by atoms with Crippen LogP contribution in [0.15, 0.2) is 24.3 Å². The highest BCUT2D eigenvalue weighted by Crippen LogP contribution is 2.36. The molecule has 0 spiro atoms. The van der Waals surface area contributed by atoms with Crippen molar-refractivity contribution in [3.05, 3.63) is 41.2 Å². The number of ether oxygens (including phenoxy) is 3. The van der Waals surface area contributed by atoms with E-state index in [9.17, 15) is 0 Å². The average molecular weight is 369 g/mol. The van der Waals surface area contributed by atoms with Crippen LogP contribution in [0.25, 0.3) is 0 Å². The van der Waals surface area contributed by atoms with Crippen LogP contribution in [0.5, 0.6) is 11.5 Å². The summed E-state index contributed by atoms with van der Waals surface area (Å²) in [6.45, 7) is 6.01. The number of hydrogen-bond acceptors (Lipinski definition) is 6. The molecule has 1 aromatic heterocycles. The van der Waals surface area contributed by atoms with Crippen molar-refractivity contribution in [2.75, 3.05) is 44.9 Å². The molecule has 0 amide bonds. The fraction of sp³-hybridized carbons (Fsp3) is 0.524. The third-order valence-corrected chi connectivity index (χ3v) is 5.23. The van der Waals surface area contributed by atoms with Crippen molar-refractivity contribution in [3.8, 4) is 11.5 Å². The highest BCUT2D eigenvalue weighted by atomic mass is 16.5. The van der Waals surface area contributed by atoms with E-state index < -0.39 is 0 Å². The van der Waals surface area contributed by atoms with Gasteiger partial charge in [-0.15, -0.1) is 0 Å². The zero-order valence-corrected chi connectivity index (χ0v) is 16.1. The van der Waals surface area contributed by atoms with Gasteiger partial charge in [0.05, 0.1) is 26.9 Å². The smallest absolute Gasteiger partial charge is 0.225 e. The van der Waals surface area contributed by atoms with Crippen molar-refractivity contribution in [1.82, 2.24) is 9.97 Å². The molecule has 1 saturated heterocycles. The van der Waals surface area contributed by atoms with Crippen LogP contribution in [0.3, 0.4) is 0 Å². The maximum Gasteiger partial charge on any atom is 0.225 e. The van der Waals surface area contributed by atoms with Crippen LogP contribution in [0.4, 0.5) is 5.95 Å². The molecule has 0 saturated carbocycles. The Morgan fingerprint density at radius 2 is 2.00 bits per heavy atom. The molecule has 0 radical (unpaired) electrons. The second-order valence-electron chi connectivity index (χ2n) is 7.14. The van der Waals surface area contributed by atoms with Crippen LogP contribution in [0.1, 0.15) is 23.9 Å². The number of morpholine rings is 1. The van der Waals surface area contributed by atoms with E-state index in [4.69, 9.17) is 24.2 Å². The van der Waals surface area contributed by atoms with Crippen LogP contribution in [0.2, 0.25) is 0 Å². The van der Waals surface area contributed by atoms with E-state index in [1.54, 1.807) is 7.11 Å². The minimum absolute atomic E-state index is 0.404. The van der Waals surface area contributed by atoms with E-state index in [-0.39, 0.29) is 0 Å². The third kappa shape index (κ3) is 4.00. The van der Waals surface area contributed by atoms with E-state index in [2.05, 4.69) is 24.0 Å². The van der Waals surface area contributed by atoms with Gasteiger partial charge in [-0.3, -0.25) is 0 Å². The molecular weight excluding hydrogens is 342 g/mol. The number of aromatic nitrogens is 2. The predicted molar refractivity (Wildman–Crippen MR) is 104 cm³/mol. The lowest BCUT2D eigenvalue weighted by Crippen LogP contribution is -2.37. The number of nitrogens with zero attached hydrogens (tertiary/aromatic N) is 3. The van der Waals surface area contributed by atoms with Crippen molar-refractivity contribution in [2.24, 2.45) is 5.92 Å². The molecule has 0 aliphatic carbocycles. The summed E-state index contributed by atoms with van der Waals surface area (Å²) in [5.41, 5.74) is 3.41. The molecule has 3 heterocycles. The van der Waals surface area contributed by atoms with Gasteiger partial charge in [0.2, 0.25) is 5.95 Å². The van der Waals surface area contributed by atoms with Gasteiger partial charge in [-0.05, 0) is 37.0 Å². The van der Waals surface area contributed by atoms with Gasteiger partial charge in [-0.25, -0.2) is 9.97 Å². The molecule has 2 aliphatic heterocycles. The van der Waals surface area contributed by atoms with E-state index in [1.807, 2.05) is 12.1 Å². The summed E-state index contributed by atoms with van der Waals surface area (Å²) in [6.07, 6.45) is 2.78. The zero-order valence-electron chi connectivity index (χ0n) is 16.1. The van der Waals surface area contributed by atoms with Gasteiger partial charge < -0.3 is 19.1 Å². The van der Waals surface area contributed by atoms with E-state index in [0.29, 0.717) is 12.5 Å². The van der Waals surface area contributed by atoms with Gasteiger partial charge in [0.25, 0.3) is 0 Å². The second-order valence-corrected chi connectivity index (χ2v) is 7.14. The lowest BCUT2D eigenvalue weighted by Gasteiger charge is -2.28. The highest BCUT2D eigenvalue weighted by Gasteiger charge is 2.24. The van der Waals surface area contributed by atoms with Gasteiger partial charge in [0, 0.05) is 30.4 Å². The Labute approximate surface area is 160 Å². The number of fused-ring (bicyclic) bond motifs is 1. The molecule has 27 heavy (non-hydrogen) atoms. The normalized spacial score (nSPS) is 19.3. The third-order valence-electron chi connectivity index (χ3n) is 5.23. The first-order valence-corrected chi connectivity index (χ1v) is 9.75. The molecule has 6 heteroatoms. The summed E-state index contributed by atoms with van der Waals surface area (Å²) >= 11 is 0. The first-order chi connectivity index (χ1) is 13.3. The van der Waals surface area contributed by atoms with E-state index >= 15 is 0 Å². The number of aryl methyl sites for hydroxylation is 1. The number of methoxy groups -OCH3 is 1. The fourth-order valence-electron chi connectivity index (χ4n) is 3.77. The Morgan fingerprint density at radius 1 is 1.19 bits per heavy atom. The van der Waals surface area contributed by atoms with Crippen LogP contribution in [-0.4, -0.2) is 50.0 Å². The van der Waals surface area contributed by atoms with Crippen molar-refractivity contribution >= 4 is 5.95 Å². The van der Waals surface area contributed by atoms with Gasteiger partial charge >= 0.3 is 0 Å². The van der Waals surface area contributed by atoms with Gasteiger partial charge in [-0.1, -0.05) is 19.1 Å². The predicted octanol–water partition coefficient (Wildman–Crippen LogP) is 2.68. The molecule has 0 N–H and O–H groups in total. The maximum absolute atomic E-state index is 6.04. The summed E-state index contributed by atoms with van der Waals surface area (Å²) in [7, 11) is 1.69. The van der Waals surface area contributed by atoms with Crippen LogP contribution in [-0.2, 0) is 24.0 Å². The molecule has 0 bridgehead atoms. The Kier molecular flexibility index (Phi) is 5.43. The number of para-hydroxylation sites is 1. The monoisotopic (exact) mass is 369 g/mol. The summed E-state index contributed by atoms with van der Waals surface area (Å²) in [4.78, 5) is 11.8. The summed E-state index contributed by atoms with van der Waals surface area (Å²) in [6, 6.07) is 8.25. The molecule has 2 aromatic rings. The minimum atomic E-state index is 0.404. The van der Waals surface area contributed by atoms with Crippen molar-refractivity contribution in [1.29, 1.82) is 0 Å². The zero-order chi connectivity index (χ0) is 18.6. The molecule has 1 fully saturated rings. The van der Waals surface area contributed by atoms with Gasteiger partial charge in [-0.2, -0.15) is 0 Å². The Bertz CT molecular complexity index is 790. The largest absolute Gasteiger partial charge is 0.493 e. The highest BCUT2D eigenvalue weighted by molar-refractivity contribution is 5.47. The van der Waals surface area contributed by atoms with Crippen LogP contribution in [0, 0.1) is 5.92 Å². The molecule has 144 valence electrons. The second kappa shape index (κ2) is 8.13. The summed E-state index contributed by atoms with van der Waals surface area (Å²) in [5, 5.41) is 0. The number of hydrogen-bond donors (Lipinski definition) is 0.